The molecule has 0 aliphatic heterocycles. The molecule has 0 saturated heterocycles. The molecule has 1 heterocycles. The number of hydrogen-bond acceptors (Lipinski definition) is 1. The van der Waals surface area contributed by atoms with E-state index in [1.54, 1.807) is 0 Å². The first-order chi connectivity index (χ1) is 9.19. The lowest BCUT2D eigenvalue weighted by Crippen LogP contribution is -2.19. The van der Waals surface area contributed by atoms with Gasteiger partial charge in [-0.05, 0) is 24.8 Å². The summed E-state index contributed by atoms with van der Waals surface area (Å²) in [6.07, 6.45) is 4.17. The van der Waals surface area contributed by atoms with Crippen molar-refractivity contribution in [3.8, 4) is 0 Å². The number of imidazole rings is 1. The summed E-state index contributed by atoms with van der Waals surface area (Å²) in [6, 6.07) is 2.25. The van der Waals surface area contributed by atoms with Crippen molar-refractivity contribution >= 4 is 22.6 Å². The molecule has 0 atom stereocenters. The van der Waals surface area contributed by atoms with E-state index in [4.69, 9.17) is 11.6 Å². The third-order valence-electron chi connectivity index (χ3n) is 3.83. The van der Waals surface area contributed by atoms with Crippen molar-refractivity contribution in [1.29, 1.82) is 0 Å². The predicted molar refractivity (Wildman–Crippen MR) is 71.4 cm³/mol. The molecule has 0 bridgehead atoms. The Balaban J connectivity index is 2.10. The zero-order valence-electron chi connectivity index (χ0n) is 10.5. The molecular formula is C14H15ClF2N2. The van der Waals surface area contributed by atoms with E-state index in [9.17, 15) is 8.78 Å². The van der Waals surface area contributed by atoms with Crippen LogP contribution in [0, 0.1) is 17.6 Å². The average molecular weight is 285 g/mol. The molecular weight excluding hydrogens is 270 g/mol. The van der Waals surface area contributed by atoms with Crippen molar-refractivity contribution in [3.63, 3.8) is 0 Å². The van der Waals surface area contributed by atoms with E-state index < -0.39 is 11.6 Å². The summed E-state index contributed by atoms with van der Waals surface area (Å²) >= 11 is 5.77. The van der Waals surface area contributed by atoms with Gasteiger partial charge in [-0.3, -0.25) is 0 Å². The monoisotopic (exact) mass is 284 g/mol. The van der Waals surface area contributed by atoms with Crippen LogP contribution >= 0.6 is 11.6 Å². The van der Waals surface area contributed by atoms with Crippen LogP contribution in [-0.2, 0) is 13.0 Å². The van der Waals surface area contributed by atoms with Crippen LogP contribution in [0.1, 0.15) is 25.1 Å². The smallest absolute Gasteiger partial charge is 0.153 e. The van der Waals surface area contributed by atoms with Gasteiger partial charge in [0.2, 0.25) is 0 Å². The highest BCUT2D eigenvalue weighted by atomic mass is 35.5. The van der Waals surface area contributed by atoms with Gasteiger partial charge < -0.3 is 4.57 Å². The van der Waals surface area contributed by atoms with Crippen LogP contribution in [-0.4, -0.2) is 15.4 Å². The number of rotatable bonds is 4. The number of fused-ring (bicyclic) bond motifs is 1. The Bertz CT molecular complexity index is 605. The Morgan fingerprint density at radius 3 is 2.74 bits per heavy atom. The van der Waals surface area contributed by atoms with Gasteiger partial charge in [-0.1, -0.05) is 6.42 Å². The summed E-state index contributed by atoms with van der Waals surface area (Å²) in [5.41, 5.74) is 0.797. The van der Waals surface area contributed by atoms with Gasteiger partial charge in [0.25, 0.3) is 0 Å². The molecule has 0 spiro atoms. The predicted octanol–water partition coefficient (Wildman–Crippen LogP) is 3.90. The first-order valence-corrected chi connectivity index (χ1v) is 7.12. The largest absolute Gasteiger partial charge is 0.327 e. The lowest BCUT2D eigenvalue weighted by atomic mass is 9.85. The zero-order chi connectivity index (χ0) is 13.4. The molecule has 1 saturated carbocycles. The molecule has 1 aliphatic rings. The van der Waals surface area contributed by atoms with E-state index >= 15 is 0 Å². The molecule has 1 fully saturated rings. The van der Waals surface area contributed by atoms with Crippen molar-refractivity contribution < 1.29 is 8.78 Å². The van der Waals surface area contributed by atoms with E-state index in [2.05, 4.69) is 4.98 Å². The van der Waals surface area contributed by atoms with Gasteiger partial charge in [0.1, 0.15) is 17.2 Å². The Hall–Kier alpha value is -1.16. The van der Waals surface area contributed by atoms with E-state index in [1.165, 1.54) is 25.3 Å². The topological polar surface area (TPSA) is 17.8 Å². The van der Waals surface area contributed by atoms with E-state index in [0.717, 1.165) is 18.4 Å². The van der Waals surface area contributed by atoms with E-state index in [0.29, 0.717) is 23.7 Å². The van der Waals surface area contributed by atoms with Gasteiger partial charge in [0.05, 0.1) is 5.52 Å². The highest BCUT2D eigenvalue weighted by Crippen LogP contribution is 2.30. The zero-order valence-corrected chi connectivity index (χ0v) is 11.3. The maximum atomic E-state index is 13.8. The van der Waals surface area contributed by atoms with Crippen molar-refractivity contribution in [2.24, 2.45) is 5.92 Å². The van der Waals surface area contributed by atoms with Gasteiger partial charge in [0, 0.05) is 24.9 Å². The second kappa shape index (κ2) is 5.08. The van der Waals surface area contributed by atoms with Crippen molar-refractivity contribution in [3.05, 3.63) is 29.6 Å². The van der Waals surface area contributed by atoms with Crippen LogP contribution in [0.4, 0.5) is 8.78 Å². The normalized spacial score (nSPS) is 15.9. The standard InChI is InChI=1S/C14H15ClF2N2/c15-5-4-13-18-14-11(17)6-10(16)7-12(14)19(13)8-9-2-1-3-9/h6-7,9H,1-5,8H2. The number of benzene rings is 1. The van der Waals surface area contributed by atoms with Crippen LogP contribution in [0.5, 0.6) is 0 Å². The third-order valence-corrected chi connectivity index (χ3v) is 4.02. The summed E-state index contributed by atoms with van der Waals surface area (Å²) in [7, 11) is 0. The number of nitrogens with zero attached hydrogens (tertiary/aromatic N) is 2. The fraction of sp³-hybridized carbons (Fsp3) is 0.500. The molecule has 5 heteroatoms. The van der Waals surface area contributed by atoms with Crippen LogP contribution in [0.15, 0.2) is 12.1 Å². The van der Waals surface area contributed by atoms with Gasteiger partial charge >= 0.3 is 0 Å². The minimum Gasteiger partial charge on any atom is -0.327 e. The summed E-state index contributed by atoms with van der Waals surface area (Å²) in [5.74, 6) is 0.618. The van der Waals surface area contributed by atoms with Gasteiger partial charge in [-0.2, -0.15) is 0 Å². The highest BCUT2D eigenvalue weighted by Gasteiger charge is 2.22. The first-order valence-electron chi connectivity index (χ1n) is 6.59. The second-order valence-corrected chi connectivity index (χ2v) is 5.51. The van der Waals surface area contributed by atoms with Gasteiger partial charge in [0.15, 0.2) is 5.82 Å². The number of aromatic nitrogens is 2. The van der Waals surface area contributed by atoms with Crippen LogP contribution in [0.3, 0.4) is 0 Å². The van der Waals surface area contributed by atoms with Crippen molar-refractivity contribution in [1.82, 2.24) is 9.55 Å². The lowest BCUT2D eigenvalue weighted by Gasteiger charge is -2.26. The fourth-order valence-electron chi connectivity index (χ4n) is 2.61. The first kappa shape index (κ1) is 12.9. The molecule has 0 unspecified atom stereocenters. The van der Waals surface area contributed by atoms with Crippen LogP contribution in [0.25, 0.3) is 11.0 Å². The number of aryl methyl sites for hydroxylation is 1. The Morgan fingerprint density at radius 1 is 1.32 bits per heavy atom. The average Bonchev–Trinajstić information content (AvgIpc) is 2.63. The van der Waals surface area contributed by atoms with Gasteiger partial charge in [-0.15, -0.1) is 11.6 Å². The second-order valence-electron chi connectivity index (χ2n) is 5.13. The Morgan fingerprint density at radius 2 is 2.11 bits per heavy atom. The number of halogens is 3. The Kier molecular flexibility index (Phi) is 3.44. The molecule has 102 valence electrons. The van der Waals surface area contributed by atoms with E-state index in [1.807, 2.05) is 4.57 Å². The summed E-state index contributed by atoms with van der Waals surface area (Å²) in [4.78, 5) is 4.29. The summed E-state index contributed by atoms with van der Waals surface area (Å²) < 4.78 is 29.1. The highest BCUT2D eigenvalue weighted by molar-refractivity contribution is 6.17. The Labute approximate surface area is 115 Å². The minimum absolute atomic E-state index is 0.251. The maximum absolute atomic E-state index is 13.8. The molecule has 3 rings (SSSR count). The quantitative estimate of drug-likeness (QED) is 0.779. The van der Waals surface area contributed by atoms with Crippen molar-refractivity contribution in [2.75, 3.05) is 5.88 Å². The van der Waals surface area contributed by atoms with E-state index in [-0.39, 0.29) is 5.52 Å². The lowest BCUT2D eigenvalue weighted by molar-refractivity contribution is 0.277. The SMILES string of the molecule is Fc1cc(F)c2nc(CCCl)n(CC3CCC3)c2c1. The maximum Gasteiger partial charge on any atom is 0.153 e. The molecule has 1 aromatic heterocycles. The van der Waals surface area contributed by atoms with Crippen molar-refractivity contribution in [2.45, 2.75) is 32.2 Å². The molecule has 2 aromatic rings. The molecule has 0 amide bonds. The minimum atomic E-state index is -0.599. The molecule has 0 radical (unpaired) electrons. The summed E-state index contributed by atoms with van der Waals surface area (Å²) in [5, 5.41) is 0. The molecule has 2 nitrogen and oxygen atoms in total. The van der Waals surface area contributed by atoms with Gasteiger partial charge in [-0.25, -0.2) is 13.8 Å². The third kappa shape index (κ3) is 2.34. The van der Waals surface area contributed by atoms with Crippen LogP contribution < -0.4 is 0 Å². The van der Waals surface area contributed by atoms with Crippen LogP contribution in [0.2, 0.25) is 0 Å². The number of hydrogen-bond donors (Lipinski definition) is 0. The molecule has 1 aliphatic carbocycles. The summed E-state index contributed by atoms with van der Waals surface area (Å²) in [6.45, 7) is 0.783. The molecule has 19 heavy (non-hydrogen) atoms. The number of alkyl halides is 1. The molecule has 0 N–H and O–H groups in total. The fourth-order valence-corrected chi connectivity index (χ4v) is 2.78. The molecule has 1 aromatic carbocycles.